The van der Waals surface area contributed by atoms with Crippen molar-refractivity contribution in [2.75, 3.05) is 11.5 Å². The number of rotatable bonds is 3. The first-order valence-corrected chi connectivity index (χ1v) is 7.72. The molecule has 1 fully saturated rings. The van der Waals surface area contributed by atoms with E-state index >= 15 is 0 Å². The fourth-order valence-electron chi connectivity index (χ4n) is 2.10. The number of carbonyl (C=O) groups excluding carboxylic acids is 1. The standard InChI is InChI=1S/C13H23NO4S/c1-13(2,3)18-12(17)14-10-5-7-19-6-4-9(10)8-11(15)16/h9-10H,4-8H2,1-3H3,(H,14,17)(H,15,16). The second-order valence-electron chi connectivity index (χ2n) is 5.80. The Morgan fingerprint density at radius 3 is 2.53 bits per heavy atom. The SMILES string of the molecule is CC(C)(C)OC(=O)NC1CCSCCC1CC(=O)O. The van der Waals surface area contributed by atoms with Crippen molar-refractivity contribution < 1.29 is 19.4 Å². The van der Waals surface area contributed by atoms with Gasteiger partial charge in [-0.3, -0.25) is 4.79 Å². The van der Waals surface area contributed by atoms with Crippen LogP contribution in [0.2, 0.25) is 0 Å². The Hall–Kier alpha value is -0.910. The van der Waals surface area contributed by atoms with Crippen LogP contribution in [0, 0.1) is 5.92 Å². The summed E-state index contributed by atoms with van der Waals surface area (Å²) < 4.78 is 5.23. The molecule has 2 unspecified atom stereocenters. The topological polar surface area (TPSA) is 75.6 Å². The molecule has 0 radical (unpaired) electrons. The van der Waals surface area contributed by atoms with Crippen molar-refractivity contribution in [3.8, 4) is 0 Å². The Morgan fingerprint density at radius 1 is 1.32 bits per heavy atom. The highest BCUT2D eigenvalue weighted by Gasteiger charge is 2.28. The summed E-state index contributed by atoms with van der Waals surface area (Å²) in [4.78, 5) is 22.7. The summed E-state index contributed by atoms with van der Waals surface area (Å²) in [7, 11) is 0. The van der Waals surface area contributed by atoms with Gasteiger partial charge >= 0.3 is 12.1 Å². The number of carboxylic acid groups (broad SMARTS) is 1. The molecule has 0 spiro atoms. The molecular weight excluding hydrogens is 266 g/mol. The lowest BCUT2D eigenvalue weighted by atomic mass is 9.92. The fraction of sp³-hybridized carbons (Fsp3) is 0.846. The minimum Gasteiger partial charge on any atom is -0.481 e. The zero-order chi connectivity index (χ0) is 14.5. The molecule has 0 aliphatic carbocycles. The first-order chi connectivity index (χ1) is 8.78. The summed E-state index contributed by atoms with van der Waals surface area (Å²) in [5, 5.41) is 11.8. The summed E-state index contributed by atoms with van der Waals surface area (Å²) in [5.74, 6) is 1.06. The predicted molar refractivity (Wildman–Crippen MR) is 75.5 cm³/mol. The van der Waals surface area contributed by atoms with E-state index in [9.17, 15) is 9.59 Å². The minimum atomic E-state index is -0.812. The smallest absolute Gasteiger partial charge is 0.407 e. The van der Waals surface area contributed by atoms with E-state index in [-0.39, 0.29) is 18.4 Å². The highest BCUT2D eigenvalue weighted by atomic mass is 32.2. The molecule has 1 rings (SSSR count). The van der Waals surface area contributed by atoms with Crippen molar-refractivity contribution in [2.24, 2.45) is 5.92 Å². The number of thioether (sulfide) groups is 1. The molecule has 1 amide bonds. The van der Waals surface area contributed by atoms with Gasteiger partial charge in [0.1, 0.15) is 5.60 Å². The van der Waals surface area contributed by atoms with Crippen LogP contribution in [0.3, 0.4) is 0 Å². The van der Waals surface area contributed by atoms with Gasteiger partial charge in [-0.25, -0.2) is 4.79 Å². The van der Waals surface area contributed by atoms with Crippen molar-refractivity contribution in [1.82, 2.24) is 5.32 Å². The molecule has 0 saturated carbocycles. The predicted octanol–water partition coefficient (Wildman–Crippen LogP) is 2.50. The van der Waals surface area contributed by atoms with Crippen LogP contribution in [0.5, 0.6) is 0 Å². The lowest BCUT2D eigenvalue weighted by Gasteiger charge is -2.27. The van der Waals surface area contributed by atoms with Gasteiger partial charge in [0.05, 0.1) is 6.42 Å². The highest BCUT2D eigenvalue weighted by molar-refractivity contribution is 7.99. The second kappa shape index (κ2) is 7.03. The van der Waals surface area contributed by atoms with Gasteiger partial charge in [0.2, 0.25) is 0 Å². The molecule has 5 nitrogen and oxygen atoms in total. The molecule has 1 aliphatic rings. The monoisotopic (exact) mass is 289 g/mol. The molecule has 2 atom stereocenters. The van der Waals surface area contributed by atoms with Crippen molar-refractivity contribution in [3.05, 3.63) is 0 Å². The summed E-state index contributed by atoms with van der Waals surface area (Å²) >= 11 is 1.81. The van der Waals surface area contributed by atoms with Crippen LogP contribution in [0.4, 0.5) is 4.79 Å². The fourth-order valence-corrected chi connectivity index (χ4v) is 3.20. The van der Waals surface area contributed by atoms with Crippen molar-refractivity contribution in [1.29, 1.82) is 0 Å². The van der Waals surface area contributed by atoms with Gasteiger partial charge < -0.3 is 15.2 Å². The van der Waals surface area contributed by atoms with E-state index in [0.717, 1.165) is 24.3 Å². The van der Waals surface area contributed by atoms with E-state index in [1.165, 1.54) is 0 Å². The third kappa shape index (κ3) is 6.71. The Balaban J connectivity index is 2.59. The van der Waals surface area contributed by atoms with Gasteiger partial charge in [0, 0.05) is 6.04 Å². The van der Waals surface area contributed by atoms with Gasteiger partial charge in [-0.1, -0.05) is 0 Å². The van der Waals surface area contributed by atoms with Crippen molar-refractivity contribution in [2.45, 2.75) is 51.7 Å². The molecular formula is C13H23NO4S. The largest absolute Gasteiger partial charge is 0.481 e. The molecule has 0 aromatic rings. The number of hydrogen-bond donors (Lipinski definition) is 2. The van der Waals surface area contributed by atoms with Crippen LogP contribution in [0.25, 0.3) is 0 Å². The number of aliphatic carboxylic acids is 1. The molecule has 0 bridgehead atoms. The molecule has 6 heteroatoms. The Kier molecular flexibility index (Phi) is 5.97. The van der Waals surface area contributed by atoms with Gasteiger partial charge in [-0.15, -0.1) is 0 Å². The molecule has 2 N–H and O–H groups in total. The summed E-state index contributed by atoms with van der Waals surface area (Å²) in [6.07, 6.45) is 1.25. The van der Waals surface area contributed by atoms with E-state index in [2.05, 4.69) is 5.32 Å². The van der Waals surface area contributed by atoms with Gasteiger partial charge in [-0.05, 0) is 51.0 Å². The number of amides is 1. The number of ether oxygens (including phenoxy) is 1. The number of nitrogens with one attached hydrogen (secondary N) is 1. The molecule has 1 aliphatic heterocycles. The third-order valence-electron chi connectivity index (χ3n) is 2.91. The number of alkyl carbamates (subject to hydrolysis) is 1. The minimum absolute atomic E-state index is 0.0139. The maximum Gasteiger partial charge on any atom is 0.407 e. The third-order valence-corrected chi connectivity index (χ3v) is 3.96. The average molecular weight is 289 g/mol. The van der Waals surface area contributed by atoms with Crippen LogP contribution < -0.4 is 5.32 Å². The molecule has 0 aromatic carbocycles. The van der Waals surface area contributed by atoms with Gasteiger partial charge in [-0.2, -0.15) is 11.8 Å². The van der Waals surface area contributed by atoms with E-state index in [0.29, 0.717) is 0 Å². The Morgan fingerprint density at radius 2 is 1.95 bits per heavy atom. The van der Waals surface area contributed by atoms with Crippen molar-refractivity contribution in [3.63, 3.8) is 0 Å². The van der Waals surface area contributed by atoms with Gasteiger partial charge in [0.25, 0.3) is 0 Å². The van der Waals surface area contributed by atoms with Crippen LogP contribution in [0.15, 0.2) is 0 Å². The van der Waals surface area contributed by atoms with E-state index in [1.54, 1.807) is 11.8 Å². The second-order valence-corrected chi connectivity index (χ2v) is 7.03. The summed E-state index contributed by atoms with van der Waals surface area (Å²) in [6.45, 7) is 5.43. The normalized spacial score (nSPS) is 24.4. The van der Waals surface area contributed by atoms with Crippen LogP contribution in [-0.4, -0.2) is 40.3 Å². The molecule has 110 valence electrons. The van der Waals surface area contributed by atoms with E-state index in [1.807, 2.05) is 20.8 Å². The van der Waals surface area contributed by atoms with E-state index in [4.69, 9.17) is 9.84 Å². The zero-order valence-electron chi connectivity index (χ0n) is 11.8. The first-order valence-electron chi connectivity index (χ1n) is 6.57. The molecule has 0 aromatic heterocycles. The molecule has 1 heterocycles. The van der Waals surface area contributed by atoms with Crippen molar-refractivity contribution >= 4 is 23.8 Å². The van der Waals surface area contributed by atoms with Crippen LogP contribution in [0.1, 0.15) is 40.0 Å². The zero-order valence-corrected chi connectivity index (χ0v) is 12.6. The first kappa shape index (κ1) is 16.1. The summed E-state index contributed by atoms with van der Waals surface area (Å²) in [6, 6.07) is -0.110. The highest BCUT2D eigenvalue weighted by Crippen LogP contribution is 2.25. The molecule has 19 heavy (non-hydrogen) atoms. The average Bonchev–Trinajstić information content (AvgIpc) is 2.41. The molecule has 1 saturated heterocycles. The Labute approximate surface area is 118 Å². The maximum absolute atomic E-state index is 11.8. The lowest BCUT2D eigenvalue weighted by molar-refractivity contribution is -0.138. The number of carbonyl (C=O) groups is 2. The van der Waals surface area contributed by atoms with Gasteiger partial charge in [0.15, 0.2) is 0 Å². The number of carboxylic acids is 1. The Bertz CT molecular complexity index is 327. The van der Waals surface area contributed by atoms with Crippen LogP contribution >= 0.6 is 11.8 Å². The maximum atomic E-state index is 11.8. The van der Waals surface area contributed by atoms with E-state index < -0.39 is 17.7 Å². The van der Waals surface area contributed by atoms with Crippen LogP contribution in [-0.2, 0) is 9.53 Å². The summed E-state index contributed by atoms with van der Waals surface area (Å²) in [5.41, 5.74) is -0.536. The quantitative estimate of drug-likeness (QED) is 0.835. The lowest BCUT2D eigenvalue weighted by Crippen LogP contribution is -2.43. The number of hydrogen-bond acceptors (Lipinski definition) is 4.